The SMILES string of the molecule is CCc1ccc(-c2nn(-c3ccccc3)cc2C=Nc2ccc(C)cc2)cc1. The number of hydrogen-bond donors (Lipinski definition) is 0. The molecule has 0 N–H and O–H groups in total. The molecule has 0 aliphatic heterocycles. The normalized spacial score (nSPS) is 11.2. The van der Waals surface area contributed by atoms with Crippen molar-refractivity contribution in [2.75, 3.05) is 0 Å². The molecule has 0 aliphatic carbocycles. The Morgan fingerprint density at radius 3 is 2.29 bits per heavy atom. The van der Waals surface area contributed by atoms with E-state index in [1.807, 2.05) is 47.4 Å². The molecule has 0 spiro atoms. The molecule has 138 valence electrons. The van der Waals surface area contributed by atoms with Gasteiger partial charge >= 0.3 is 0 Å². The zero-order valence-electron chi connectivity index (χ0n) is 16.2. The summed E-state index contributed by atoms with van der Waals surface area (Å²) in [5, 5.41) is 4.86. The molecule has 3 nitrogen and oxygen atoms in total. The molecule has 1 heterocycles. The monoisotopic (exact) mass is 365 g/mol. The van der Waals surface area contributed by atoms with Crippen LogP contribution in [0.2, 0.25) is 0 Å². The van der Waals surface area contributed by atoms with Gasteiger partial charge in [0.25, 0.3) is 0 Å². The Labute approximate surface area is 166 Å². The fraction of sp³-hybridized carbons (Fsp3) is 0.120. The molecule has 0 fully saturated rings. The van der Waals surface area contributed by atoms with Crippen molar-refractivity contribution >= 4 is 11.9 Å². The Kier molecular flexibility index (Phi) is 5.16. The molecule has 28 heavy (non-hydrogen) atoms. The summed E-state index contributed by atoms with van der Waals surface area (Å²) >= 11 is 0. The predicted octanol–water partition coefficient (Wildman–Crippen LogP) is 6.16. The number of aliphatic imine (C=N–C) groups is 1. The molecule has 3 heteroatoms. The van der Waals surface area contributed by atoms with Gasteiger partial charge in [-0.2, -0.15) is 5.10 Å². The first kappa shape index (κ1) is 17.9. The third-order valence-electron chi connectivity index (χ3n) is 4.79. The minimum Gasteiger partial charge on any atom is -0.256 e. The molecule has 4 rings (SSSR count). The first-order valence-corrected chi connectivity index (χ1v) is 9.58. The first-order valence-electron chi connectivity index (χ1n) is 9.58. The lowest BCUT2D eigenvalue weighted by molar-refractivity contribution is 0.884. The van der Waals surface area contributed by atoms with Gasteiger partial charge in [-0.1, -0.05) is 67.1 Å². The smallest absolute Gasteiger partial charge is 0.101 e. The quantitative estimate of drug-likeness (QED) is 0.390. The molecule has 0 aliphatic rings. The maximum atomic E-state index is 4.86. The highest BCUT2D eigenvalue weighted by Crippen LogP contribution is 2.24. The second-order valence-corrected chi connectivity index (χ2v) is 6.86. The summed E-state index contributed by atoms with van der Waals surface area (Å²) in [5.74, 6) is 0. The average Bonchev–Trinajstić information content (AvgIpc) is 3.18. The van der Waals surface area contributed by atoms with Crippen LogP contribution in [0.15, 0.2) is 90.1 Å². The standard InChI is InChI=1S/C25H23N3/c1-3-20-11-13-21(14-12-20)25-22(17-26-23-15-9-19(2)10-16-23)18-28(27-25)24-7-5-4-6-8-24/h4-18H,3H2,1-2H3. The summed E-state index contributed by atoms with van der Waals surface area (Å²) in [6, 6.07) is 27.0. The van der Waals surface area contributed by atoms with E-state index in [-0.39, 0.29) is 0 Å². The maximum absolute atomic E-state index is 4.86. The number of para-hydroxylation sites is 1. The fourth-order valence-electron chi connectivity index (χ4n) is 3.09. The largest absolute Gasteiger partial charge is 0.256 e. The van der Waals surface area contributed by atoms with Gasteiger partial charge in [-0.15, -0.1) is 0 Å². The van der Waals surface area contributed by atoms with Crippen molar-refractivity contribution in [3.63, 3.8) is 0 Å². The number of nitrogens with zero attached hydrogens (tertiary/aromatic N) is 3. The van der Waals surface area contributed by atoms with E-state index in [9.17, 15) is 0 Å². The zero-order valence-corrected chi connectivity index (χ0v) is 16.2. The second kappa shape index (κ2) is 8.05. The van der Waals surface area contributed by atoms with Crippen LogP contribution in [-0.2, 0) is 6.42 Å². The lowest BCUT2D eigenvalue weighted by atomic mass is 10.1. The summed E-state index contributed by atoms with van der Waals surface area (Å²) in [5.41, 5.74) is 7.54. The van der Waals surface area contributed by atoms with Crippen LogP contribution in [0.1, 0.15) is 23.6 Å². The van der Waals surface area contributed by atoms with Crippen LogP contribution in [0.3, 0.4) is 0 Å². The summed E-state index contributed by atoms with van der Waals surface area (Å²) in [4.78, 5) is 4.67. The topological polar surface area (TPSA) is 30.2 Å². The molecule has 0 radical (unpaired) electrons. The van der Waals surface area contributed by atoms with E-state index in [4.69, 9.17) is 5.10 Å². The van der Waals surface area contributed by atoms with Crippen molar-refractivity contribution in [2.24, 2.45) is 4.99 Å². The molecule has 0 bridgehead atoms. The lowest BCUT2D eigenvalue weighted by Crippen LogP contribution is -1.94. The second-order valence-electron chi connectivity index (χ2n) is 6.86. The van der Waals surface area contributed by atoms with Gasteiger partial charge in [-0.05, 0) is 43.2 Å². The summed E-state index contributed by atoms with van der Waals surface area (Å²) in [7, 11) is 0. The zero-order chi connectivity index (χ0) is 19.3. The van der Waals surface area contributed by atoms with E-state index in [1.165, 1.54) is 11.1 Å². The van der Waals surface area contributed by atoms with Crippen LogP contribution in [0.5, 0.6) is 0 Å². The molecule has 0 saturated heterocycles. The number of hydrogen-bond acceptors (Lipinski definition) is 2. The van der Waals surface area contributed by atoms with Crippen molar-refractivity contribution in [3.8, 4) is 16.9 Å². The van der Waals surface area contributed by atoms with Crippen LogP contribution >= 0.6 is 0 Å². The number of benzene rings is 3. The molecule has 1 aromatic heterocycles. The molecular formula is C25H23N3. The van der Waals surface area contributed by atoms with Gasteiger partial charge in [0.2, 0.25) is 0 Å². The lowest BCUT2D eigenvalue weighted by Gasteiger charge is -2.02. The Morgan fingerprint density at radius 2 is 1.61 bits per heavy atom. The molecule has 0 unspecified atom stereocenters. The van der Waals surface area contributed by atoms with Crippen LogP contribution in [0.25, 0.3) is 16.9 Å². The summed E-state index contributed by atoms with van der Waals surface area (Å²) in [6.07, 6.45) is 4.97. The minimum atomic E-state index is 0.933. The Balaban J connectivity index is 1.75. The van der Waals surface area contributed by atoms with Crippen molar-refractivity contribution in [1.29, 1.82) is 0 Å². The van der Waals surface area contributed by atoms with E-state index in [0.29, 0.717) is 0 Å². The Morgan fingerprint density at radius 1 is 0.893 bits per heavy atom. The third-order valence-corrected chi connectivity index (χ3v) is 4.79. The summed E-state index contributed by atoms with van der Waals surface area (Å²) < 4.78 is 1.92. The number of aromatic nitrogens is 2. The maximum Gasteiger partial charge on any atom is 0.101 e. The van der Waals surface area contributed by atoms with Gasteiger partial charge in [0, 0.05) is 23.5 Å². The van der Waals surface area contributed by atoms with E-state index >= 15 is 0 Å². The Hall–Kier alpha value is -3.46. The molecule has 0 amide bonds. The molecular weight excluding hydrogens is 342 g/mol. The van der Waals surface area contributed by atoms with Gasteiger partial charge in [0.15, 0.2) is 0 Å². The fourth-order valence-corrected chi connectivity index (χ4v) is 3.09. The number of rotatable bonds is 5. The highest BCUT2D eigenvalue weighted by atomic mass is 15.3. The van der Waals surface area contributed by atoms with Crippen LogP contribution in [-0.4, -0.2) is 16.0 Å². The van der Waals surface area contributed by atoms with E-state index in [1.54, 1.807) is 0 Å². The van der Waals surface area contributed by atoms with Gasteiger partial charge in [0.1, 0.15) is 5.69 Å². The van der Waals surface area contributed by atoms with E-state index in [2.05, 4.69) is 67.4 Å². The van der Waals surface area contributed by atoms with Crippen LogP contribution in [0.4, 0.5) is 5.69 Å². The predicted molar refractivity (Wildman–Crippen MR) is 117 cm³/mol. The van der Waals surface area contributed by atoms with E-state index in [0.717, 1.165) is 34.6 Å². The van der Waals surface area contributed by atoms with Crippen molar-refractivity contribution in [3.05, 3.63) is 102 Å². The highest BCUT2D eigenvalue weighted by Gasteiger charge is 2.11. The van der Waals surface area contributed by atoms with Gasteiger partial charge in [-0.25, -0.2) is 4.68 Å². The third kappa shape index (κ3) is 3.94. The van der Waals surface area contributed by atoms with Crippen molar-refractivity contribution in [2.45, 2.75) is 20.3 Å². The molecule has 0 atom stereocenters. The van der Waals surface area contributed by atoms with E-state index < -0.39 is 0 Å². The average molecular weight is 365 g/mol. The molecule has 0 saturated carbocycles. The van der Waals surface area contributed by atoms with Crippen molar-refractivity contribution < 1.29 is 0 Å². The molecule has 3 aromatic carbocycles. The van der Waals surface area contributed by atoms with Crippen LogP contribution in [0, 0.1) is 6.92 Å². The number of aryl methyl sites for hydroxylation is 2. The minimum absolute atomic E-state index is 0.933. The van der Waals surface area contributed by atoms with Gasteiger partial charge in [0.05, 0.1) is 11.4 Å². The first-order chi connectivity index (χ1) is 13.7. The van der Waals surface area contributed by atoms with Gasteiger partial charge in [-0.3, -0.25) is 4.99 Å². The highest BCUT2D eigenvalue weighted by molar-refractivity contribution is 5.90. The summed E-state index contributed by atoms with van der Waals surface area (Å²) in [6.45, 7) is 4.24. The Bertz CT molecular complexity index is 1070. The molecule has 4 aromatic rings. The van der Waals surface area contributed by atoms with Gasteiger partial charge < -0.3 is 0 Å². The van der Waals surface area contributed by atoms with Crippen molar-refractivity contribution in [1.82, 2.24) is 9.78 Å². The van der Waals surface area contributed by atoms with Crippen LogP contribution < -0.4 is 0 Å².